The molecule has 0 saturated carbocycles. The Morgan fingerprint density at radius 2 is 2.12 bits per heavy atom. The lowest BCUT2D eigenvalue weighted by molar-refractivity contribution is -0.125. The molecule has 92 valence electrons. The van der Waals surface area contributed by atoms with E-state index >= 15 is 0 Å². The molecular weight excluding hydrogens is 244 g/mol. The maximum Gasteiger partial charge on any atom is 0.251 e. The third-order valence-electron chi connectivity index (χ3n) is 2.09. The van der Waals surface area contributed by atoms with Gasteiger partial charge in [-0.2, -0.15) is 0 Å². The first-order chi connectivity index (χ1) is 7.90. The molecule has 0 fully saturated rings. The summed E-state index contributed by atoms with van der Waals surface area (Å²) in [6.07, 6.45) is -1.39. The van der Waals surface area contributed by atoms with Crippen molar-refractivity contribution in [3.63, 3.8) is 0 Å². The highest BCUT2D eigenvalue weighted by atomic mass is 35.5. The summed E-state index contributed by atoms with van der Waals surface area (Å²) >= 11 is 5.80. The first-order valence-electron chi connectivity index (χ1n) is 4.93. The Morgan fingerprint density at radius 3 is 2.65 bits per heavy atom. The monoisotopic (exact) mass is 256 g/mol. The molecule has 0 aliphatic carbocycles. The van der Waals surface area contributed by atoms with Crippen molar-refractivity contribution in [3.05, 3.63) is 34.3 Å². The predicted octanol–water partition coefficient (Wildman–Crippen LogP) is 0.224. The number of benzene rings is 1. The normalized spacial score (nSPS) is 11.9. The van der Waals surface area contributed by atoms with E-state index in [9.17, 15) is 9.59 Å². The highest BCUT2D eigenvalue weighted by molar-refractivity contribution is 6.31. The standard InChI is InChI=1S/C11H13ClN2O3/c1-6-2-7(4-8(12)3-6)11(17)14-5-9(15)10(13)16/h2-4,9,15H,5H2,1H3,(H2,13,16)(H,14,17). The van der Waals surface area contributed by atoms with Crippen LogP contribution >= 0.6 is 11.6 Å². The molecule has 17 heavy (non-hydrogen) atoms. The average molecular weight is 257 g/mol. The van der Waals surface area contributed by atoms with E-state index in [2.05, 4.69) is 5.32 Å². The number of hydrogen-bond donors (Lipinski definition) is 3. The summed E-state index contributed by atoms with van der Waals surface area (Å²) in [7, 11) is 0. The van der Waals surface area contributed by atoms with Gasteiger partial charge >= 0.3 is 0 Å². The molecule has 0 spiro atoms. The number of halogens is 1. The molecule has 1 unspecified atom stereocenters. The Hall–Kier alpha value is -1.59. The second-order valence-corrected chi connectivity index (χ2v) is 4.08. The Labute approximate surface area is 104 Å². The van der Waals surface area contributed by atoms with Gasteiger partial charge in [-0.3, -0.25) is 9.59 Å². The third kappa shape index (κ3) is 4.05. The fourth-order valence-electron chi connectivity index (χ4n) is 1.26. The molecule has 0 heterocycles. The molecule has 1 aromatic rings. The predicted molar refractivity (Wildman–Crippen MR) is 63.7 cm³/mol. The van der Waals surface area contributed by atoms with E-state index in [1.54, 1.807) is 19.1 Å². The first-order valence-corrected chi connectivity index (χ1v) is 5.30. The van der Waals surface area contributed by atoms with Crippen molar-refractivity contribution < 1.29 is 14.7 Å². The van der Waals surface area contributed by atoms with Gasteiger partial charge in [-0.1, -0.05) is 11.6 Å². The minimum Gasteiger partial charge on any atom is -0.381 e. The quantitative estimate of drug-likeness (QED) is 0.720. The van der Waals surface area contributed by atoms with E-state index in [4.69, 9.17) is 22.4 Å². The number of primary amides is 1. The van der Waals surface area contributed by atoms with E-state index in [1.807, 2.05) is 0 Å². The third-order valence-corrected chi connectivity index (χ3v) is 2.31. The molecule has 0 radical (unpaired) electrons. The lowest BCUT2D eigenvalue weighted by atomic mass is 10.1. The zero-order valence-electron chi connectivity index (χ0n) is 9.24. The van der Waals surface area contributed by atoms with E-state index in [1.165, 1.54) is 6.07 Å². The maximum absolute atomic E-state index is 11.6. The van der Waals surface area contributed by atoms with Gasteiger partial charge in [-0.15, -0.1) is 0 Å². The van der Waals surface area contributed by atoms with Gasteiger partial charge in [0.1, 0.15) is 6.10 Å². The van der Waals surface area contributed by atoms with Gasteiger partial charge in [-0.25, -0.2) is 0 Å². The van der Waals surface area contributed by atoms with Gasteiger partial charge < -0.3 is 16.2 Å². The minimum absolute atomic E-state index is 0.222. The summed E-state index contributed by atoms with van der Waals surface area (Å²) in [6, 6.07) is 4.87. The Bertz CT molecular complexity index is 428. The van der Waals surface area contributed by atoms with Gasteiger partial charge in [0.15, 0.2) is 0 Å². The van der Waals surface area contributed by atoms with Crippen LogP contribution in [0, 0.1) is 6.92 Å². The summed E-state index contributed by atoms with van der Waals surface area (Å²) in [5.41, 5.74) is 6.06. The van der Waals surface area contributed by atoms with Crippen molar-refractivity contribution in [1.82, 2.24) is 5.32 Å². The second kappa shape index (κ2) is 5.65. The number of carbonyl (C=O) groups excluding carboxylic acids is 2. The Balaban J connectivity index is 2.67. The molecule has 2 amide bonds. The molecule has 5 nitrogen and oxygen atoms in total. The van der Waals surface area contributed by atoms with Crippen LogP contribution in [0.1, 0.15) is 15.9 Å². The molecule has 1 rings (SSSR count). The molecule has 1 atom stereocenters. The molecule has 1 aromatic carbocycles. The van der Waals surface area contributed by atoms with Crippen molar-refractivity contribution in [1.29, 1.82) is 0 Å². The van der Waals surface area contributed by atoms with Gasteiger partial charge in [0.25, 0.3) is 5.91 Å². The Kier molecular flexibility index (Phi) is 4.48. The van der Waals surface area contributed by atoms with Gasteiger partial charge in [0.05, 0.1) is 6.54 Å². The first kappa shape index (κ1) is 13.5. The Morgan fingerprint density at radius 1 is 1.47 bits per heavy atom. The topological polar surface area (TPSA) is 92.4 Å². The van der Waals surface area contributed by atoms with E-state index in [0.29, 0.717) is 10.6 Å². The molecule has 0 aromatic heterocycles. The van der Waals surface area contributed by atoms with E-state index in [0.717, 1.165) is 5.56 Å². The number of rotatable bonds is 4. The summed E-state index contributed by atoms with van der Waals surface area (Å²) in [5, 5.41) is 12.0. The zero-order valence-corrected chi connectivity index (χ0v) is 9.99. The summed E-state index contributed by atoms with van der Waals surface area (Å²) in [6.45, 7) is 1.58. The van der Waals surface area contributed by atoms with Crippen molar-refractivity contribution in [2.24, 2.45) is 5.73 Å². The number of hydrogen-bond acceptors (Lipinski definition) is 3. The molecule has 0 aliphatic rings. The van der Waals surface area contributed by atoms with Crippen LogP contribution in [0.4, 0.5) is 0 Å². The second-order valence-electron chi connectivity index (χ2n) is 3.65. The van der Waals surface area contributed by atoms with Crippen molar-refractivity contribution in [2.45, 2.75) is 13.0 Å². The molecular formula is C11H13ClN2O3. The highest BCUT2D eigenvalue weighted by Gasteiger charge is 2.13. The fourth-order valence-corrected chi connectivity index (χ4v) is 1.55. The van der Waals surface area contributed by atoms with Crippen molar-refractivity contribution in [2.75, 3.05) is 6.54 Å². The van der Waals surface area contributed by atoms with E-state index in [-0.39, 0.29) is 6.54 Å². The van der Waals surface area contributed by atoms with Crippen LogP contribution in [0.2, 0.25) is 5.02 Å². The number of aliphatic hydroxyl groups is 1. The molecule has 0 saturated heterocycles. The smallest absolute Gasteiger partial charge is 0.251 e. The number of nitrogens with two attached hydrogens (primary N) is 1. The number of carbonyl (C=O) groups is 2. The number of aryl methyl sites for hydroxylation is 1. The van der Waals surface area contributed by atoms with Crippen LogP contribution in [-0.2, 0) is 4.79 Å². The van der Waals surface area contributed by atoms with Crippen LogP contribution in [0.5, 0.6) is 0 Å². The van der Waals surface area contributed by atoms with Crippen LogP contribution < -0.4 is 11.1 Å². The van der Waals surface area contributed by atoms with Crippen LogP contribution in [-0.4, -0.2) is 29.6 Å². The van der Waals surface area contributed by atoms with Gasteiger partial charge in [0.2, 0.25) is 5.91 Å². The largest absolute Gasteiger partial charge is 0.381 e. The SMILES string of the molecule is Cc1cc(Cl)cc(C(=O)NCC(O)C(N)=O)c1. The van der Waals surface area contributed by atoms with Crippen LogP contribution in [0.15, 0.2) is 18.2 Å². The van der Waals surface area contributed by atoms with Crippen molar-refractivity contribution in [3.8, 4) is 0 Å². The van der Waals surface area contributed by atoms with Crippen LogP contribution in [0.3, 0.4) is 0 Å². The lowest BCUT2D eigenvalue weighted by Gasteiger charge is -2.09. The van der Waals surface area contributed by atoms with Crippen LogP contribution in [0.25, 0.3) is 0 Å². The number of amides is 2. The summed E-state index contributed by atoms with van der Waals surface area (Å²) < 4.78 is 0. The van der Waals surface area contributed by atoms with Gasteiger partial charge in [-0.05, 0) is 30.7 Å². The highest BCUT2D eigenvalue weighted by Crippen LogP contribution is 2.14. The van der Waals surface area contributed by atoms with Crippen molar-refractivity contribution >= 4 is 23.4 Å². The van der Waals surface area contributed by atoms with Gasteiger partial charge in [0, 0.05) is 10.6 Å². The molecule has 0 aliphatic heterocycles. The maximum atomic E-state index is 11.6. The lowest BCUT2D eigenvalue weighted by Crippen LogP contribution is -2.39. The average Bonchev–Trinajstić information content (AvgIpc) is 2.23. The fraction of sp³-hybridized carbons (Fsp3) is 0.273. The van der Waals surface area contributed by atoms with E-state index < -0.39 is 17.9 Å². The number of aliphatic hydroxyl groups excluding tert-OH is 1. The molecule has 6 heteroatoms. The molecule has 0 bridgehead atoms. The molecule has 4 N–H and O–H groups in total. The number of nitrogens with one attached hydrogen (secondary N) is 1. The summed E-state index contributed by atoms with van der Waals surface area (Å²) in [4.78, 5) is 22.2. The zero-order chi connectivity index (χ0) is 13.0. The minimum atomic E-state index is -1.39. The summed E-state index contributed by atoms with van der Waals surface area (Å²) in [5.74, 6) is -1.30.